The number of hydrogen-bond donors (Lipinski definition) is 4. The minimum atomic E-state index is -0.807. The summed E-state index contributed by atoms with van der Waals surface area (Å²) in [6.07, 6.45) is 4.96. The van der Waals surface area contributed by atoms with E-state index >= 15 is 4.39 Å². The number of likely N-dealkylation sites (tertiary alicyclic amines) is 3. The highest BCUT2D eigenvalue weighted by molar-refractivity contribution is 5.97. The highest BCUT2D eigenvalue weighted by atomic mass is 19.1. The number of aliphatic hydroxyl groups excluding tert-OH is 1. The van der Waals surface area contributed by atoms with Crippen molar-refractivity contribution in [2.75, 3.05) is 57.7 Å². The zero-order valence-electron chi connectivity index (χ0n) is 31.4. The number of piperidine rings is 2. The number of nitrogens with one attached hydrogen (secondary N) is 2. The molecule has 0 unspecified atom stereocenters. The van der Waals surface area contributed by atoms with Crippen LogP contribution in [0.4, 0.5) is 19.7 Å². The molecule has 0 aliphatic carbocycles. The molecule has 0 saturated carbocycles. The minimum Gasteiger partial charge on any atom is -0.493 e. The van der Waals surface area contributed by atoms with E-state index in [0.29, 0.717) is 72.2 Å². The molecule has 0 radical (unpaired) electrons. The van der Waals surface area contributed by atoms with E-state index in [2.05, 4.69) is 39.0 Å². The molecule has 5 heterocycles. The number of hydrogen-bond acceptors (Lipinski definition) is 7. The molecule has 288 valence electrons. The summed E-state index contributed by atoms with van der Waals surface area (Å²) in [5.41, 5.74) is 4.54. The molecular formula is C41H52FN7O5. The van der Waals surface area contributed by atoms with E-state index in [-0.39, 0.29) is 18.5 Å². The first-order chi connectivity index (χ1) is 26.0. The number of carboxylic acid groups (broad SMARTS) is 1. The van der Waals surface area contributed by atoms with Crippen molar-refractivity contribution in [3.63, 3.8) is 0 Å². The molecule has 0 bridgehead atoms. The molecule has 4 aromatic rings. The number of rotatable bonds is 10. The van der Waals surface area contributed by atoms with E-state index in [0.717, 1.165) is 74.1 Å². The zero-order chi connectivity index (χ0) is 37.9. The van der Waals surface area contributed by atoms with Crippen LogP contribution in [0.1, 0.15) is 51.5 Å². The first-order valence-corrected chi connectivity index (χ1v) is 19.3. The van der Waals surface area contributed by atoms with Crippen LogP contribution >= 0.6 is 0 Å². The molecule has 3 aliphatic heterocycles. The van der Waals surface area contributed by atoms with Gasteiger partial charge in [0.2, 0.25) is 0 Å². The normalized spacial score (nSPS) is 20.3. The summed E-state index contributed by atoms with van der Waals surface area (Å²) in [6, 6.07) is 12.3. The number of aromatic amines is 1. The standard InChI is InChI=1S/C41H52FN7O5/c1-25(2)16-30-21-49(22-37(30)50)40(51)46-35-18-31(42)17-33(26(35)3)38-34-19-36(45-39(34)44-24-43-38)29-4-6-32(7-5-29)54-23-28-8-12-47(13-9-28)20-27-10-14-48(15-11-27)41(52)53/h4-7,17-19,24-25,27-28,30,37,50H,8-16,20-23H2,1-3H3,(H,46,51)(H,52,53)(H,43,44,45)/t30-,37-/m0/s1. The van der Waals surface area contributed by atoms with E-state index in [1.54, 1.807) is 4.90 Å². The number of aliphatic hydroxyl groups is 1. The molecule has 12 nitrogen and oxygen atoms in total. The van der Waals surface area contributed by atoms with Gasteiger partial charge in [0, 0.05) is 61.0 Å². The number of carbonyl (C=O) groups is 2. The Balaban J connectivity index is 0.962. The number of H-pyrrole nitrogens is 1. The molecule has 4 N–H and O–H groups in total. The summed E-state index contributed by atoms with van der Waals surface area (Å²) in [6.45, 7) is 11.8. The number of β-amino-alcohol motifs (C(OH)–C–C–N with tert-alkyl or cyclic N) is 1. The van der Waals surface area contributed by atoms with Crippen LogP contribution in [0.25, 0.3) is 33.5 Å². The highest BCUT2D eigenvalue weighted by Crippen LogP contribution is 2.36. The summed E-state index contributed by atoms with van der Waals surface area (Å²) >= 11 is 0. The molecule has 2 aromatic heterocycles. The summed E-state index contributed by atoms with van der Waals surface area (Å²) in [5, 5.41) is 23.4. The van der Waals surface area contributed by atoms with Gasteiger partial charge in [-0.1, -0.05) is 13.8 Å². The molecular weight excluding hydrogens is 689 g/mol. The number of ether oxygens (including phenoxy) is 1. The van der Waals surface area contributed by atoms with Crippen LogP contribution in [0.5, 0.6) is 5.75 Å². The second kappa shape index (κ2) is 16.3. The van der Waals surface area contributed by atoms with Crippen LogP contribution in [0, 0.1) is 36.4 Å². The van der Waals surface area contributed by atoms with Crippen molar-refractivity contribution in [2.45, 2.75) is 59.0 Å². The van der Waals surface area contributed by atoms with Crippen LogP contribution in [0.2, 0.25) is 0 Å². The topological polar surface area (TPSA) is 147 Å². The maximum absolute atomic E-state index is 15.1. The second-order valence-electron chi connectivity index (χ2n) is 15.9. The molecule has 3 aliphatic rings. The van der Waals surface area contributed by atoms with Crippen molar-refractivity contribution in [1.29, 1.82) is 0 Å². The third kappa shape index (κ3) is 8.63. The number of fused-ring (bicyclic) bond motifs is 1. The predicted octanol–water partition coefficient (Wildman–Crippen LogP) is 7.09. The highest BCUT2D eigenvalue weighted by Gasteiger charge is 2.34. The quantitative estimate of drug-likeness (QED) is 0.135. The summed E-state index contributed by atoms with van der Waals surface area (Å²) in [4.78, 5) is 42.5. The van der Waals surface area contributed by atoms with Gasteiger partial charge in [-0.2, -0.15) is 0 Å². The Morgan fingerprint density at radius 3 is 2.41 bits per heavy atom. The van der Waals surface area contributed by atoms with Crippen LogP contribution in [-0.2, 0) is 0 Å². The maximum atomic E-state index is 15.1. The Morgan fingerprint density at radius 1 is 0.981 bits per heavy atom. The second-order valence-corrected chi connectivity index (χ2v) is 15.9. The van der Waals surface area contributed by atoms with Crippen molar-refractivity contribution in [2.24, 2.45) is 23.7 Å². The lowest BCUT2D eigenvalue weighted by atomic mass is 9.93. The molecule has 2 aromatic carbocycles. The van der Waals surface area contributed by atoms with Gasteiger partial charge in [0.05, 0.1) is 18.4 Å². The maximum Gasteiger partial charge on any atom is 0.407 e. The van der Waals surface area contributed by atoms with Crippen molar-refractivity contribution in [3.05, 3.63) is 60.2 Å². The predicted molar refractivity (Wildman–Crippen MR) is 206 cm³/mol. The third-order valence-electron chi connectivity index (χ3n) is 11.5. The first-order valence-electron chi connectivity index (χ1n) is 19.3. The fourth-order valence-corrected chi connectivity index (χ4v) is 8.37. The van der Waals surface area contributed by atoms with E-state index in [1.807, 2.05) is 37.3 Å². The summed E-state index contributed by atoms with van der Waals surface area (Å²) < 4.78 is 21.3. The van der Waals surface area contributed by atoms with Crippen molar-refractivity contribution in [3.8, 4) is 28.3 Å². The fraction of sp³-hybridized carbons (Fsp3) is 0.512. The molecule has 3 amide bonds. The number of anilines is 1. The van der Waals surface area contributed by atoms with Crippen LogP contribution in [0.15, 0.2) is 48.8 Å². The number of benzene rings is 2. The van der Waals surface area contributed by atoms with Crippen LogP contribution in [-0.4, -0.2) is 111 Å². The van der Waals surface area contributed by atoms with E-state index in [9.17, 15) is 19.8 Å². The lowest BCUT2D eigenvalue weighted by molar-refractivity contribution is 0.0954. The van der Waals surface area contributed by atoms with Gasteiger partial charge >= 0.3 is 12.1 Å². The van der Waals surface area contributed by atoms with Crippen molar-refractivity contribution in [1.82, 2.24) is 29.7 Å². The van der Waals surface area contributed by atoms with Gasteiger partial charge in [-0.25, -0.2) is 23.9 Å². The average molecular weight is 742 g/mol. The zero-order valence-corrected chi connectivity index (χ0v) is 31.4. The van der Waals surface area contributed by atoms with Crippen LogP contribution < -0.4 is 10.1 Å². The Labute approximate surface area is 315 Å². The molecule has 54 heavy (non-hydrogen) atoms. The molecule has 2 atom stereocenters. The van der Waals surface area contributed by atoms with Gasteiger partial charge < -0.3 is 40.0 Å². The lowest BCUT2D eigenvalue weighted by Crippen LogP contribution is -2.43. The number of aromatic nitrogens is 3. The Kier molecular flexibility index (Phi) is 11.4. The van der Waals surface area contributed by atoms with E-state index in [4.69, 9.17) is 4.74 Å². The van der Waals surface area contributed by atoms with E-state index in [1.165, 1.54) is 23.4 Å². The number of amides is 3. The smallest absolute Gasteiger partial charge is 0.407 e. The number of nitrogens with zero attached hydrogens (tertiary/aromatic N) is 5. The van der Waals surface area contributed by atoms with Crippen LogP contribution in [0.3, 0.4) is 0 Å². The Morgan fingerprint density at radius 2 is 1.70 bits per heavy atom. The minimum absolute atomic E-state index is 0.0185. The number of urea groups is 1. The largest absolute Gasteiger partial charge is 0.493 e. The Bertz CT molecular complexity index is 1940. The molecule has 0 spiro atoms. The summed E-state index contributed by atoms with van der Waals surface area (Å²) in [5.74, 6) is 1.81. The van der Waals surface area contributed by atoms with Gasteiger partial charge in [0.25, 0.3) is 0 Å². The first kappa shape index (κ1) is 37.6. The average Bonchev–Trinajstić information content (AvgIpc) is 3.76. The Hall–Kier alpha value is -4.75. The van der Waals surface area contributed by atoms with Gasteiger partial charge in [-0.15, -0.1) is 0 Å². The fourth-order valence-electron chi connectivity index (χ4n) is 8.37. The van der Waals surface area contributed by atoms with Gasteiger partial charge in [-0.3, -0.25) is 0 Å². The summed E-state index contributed by atoms with van der Waals surface area (Å²) in [7, 11) is 0. The SMILES string of the molecule is Cc1c(NC(=O)N2C[C@H](CC(C)C)[C@@H](O)C2)cc(F)cc1-c1ncnc2[nH]c(-c3ccc(OCC4CCN(CC5CCN(C(=O)O)CC5)CC4)cc3)cc12. The van der Waals surface area contributed by atoms with E-state index < -0.39 is 18.0 Å². The van der Waals surface area contributed by atoms with Crippen molar-refractivity contribution < 1.29 is 28.9 Å². The lowest BCUT2D eigenvalue weighted by Gasteiger charge is -2.37. The molecule has 13 heteroatoms. The third-order valence-corrected chi connectivity index (χ3v) is 11.5. The molecule has 3 fully saturated rings. The molecule has 7 rings (SSSR count). The van der Waals surface area contributed by atoms with Gasteiger partial charge in [0.15, 0.2) is 0 Å². The van der Waals surface area contributed by atoms with Crippen molar-refractivity contribution >= 4 is 28.8 Å². The molecule has 3 saturated heterocycles. The number of carbonyl (C=O) groups excluding carboxylic acids is 1. The monoisotopic (exact) mass is 741 g/mol. The van der Waals surface area contributed by atoms with Gasteiger partial charge in [0.1, 0.15) is 23.5 Å². The number of halogens is 1. The van der Waals surface area contributed by atoms with Gasteiger partial charge in [-0.05, 0) is 123 Å².